The zero-order chi connectivity index (χ0) is 15.9. The Balaban J connectivity index is 1.95. The van der Waals surface area contributed by atoms with Gasteiger partial charge in [0.2, 0.25) is 0 Å². The highest BCUT2D eigenvalue weighted by atomic mass is 79.9. The molecule has 0 aliphatic rings. The number of hydrogen-bond donors (Lipinski definition) is 0. The number of rotatable bonds is 2. The zero-order valence-electron chi connectivity index (χ0n) is 11.1. The average molecular weight is 389 g/mol. The van der Waals surface area contributed by atoms with Gasteiger partial charge in [0, 0.05) is 4.47 Å². The van der Waals surface area contributed by atoms with Crippen LogP contribution in [0.2, 0.25) is 0 Å². The minimum Gasteiger partial charge on any atom is -0.453 e. The summed E-state index contributed by atoms with van der Waals surface area (Å²) in [4.78, 5) is 7.76. The fourth-order valence-electron chi connectivity index (χ4n) is 1.88. The number of fused-ring (bicyclic) bond motifs is 1. The summed E-state index contributed by atoms with van der Waals surface area (Å²) in [6, 6.07) is 5.65. The van der Waals surface area contributed by atoms with E-state index in [1.165, 1.54) is 17.4 Å². The highest BCUT2D eigenvalue weighted by Gasteiger charge is 2.32. The highest BCUT2D eigenvalue weighted by Crippen LogP contribution is 2.37. The van der Waals surface area contributed by atoms with Crippen LogP contribution in [0.3, 0.4) is 0 Å². The molecule has 2 aromatic heterocycles. The monoisotopic (exact) mass is 388 g/mol. The summed E-state index contributed by atoms with van der Waals surface area (Å²) in [7, 11) is 0. The first-order valence-electron chi connectivity index (χ1n) is 6.11. The number of ether oxygens (including phenoxy) is 1. The first-order chi connectivity index (χ1) is 10.3. The summed E-state index contributed by atoms with van der Waals surface area (Å²) in [5.74, 6) is 0.700. The van der Waals surface area contributed by atoms with Gasteiger partial charge in [0.15, 0.2) is 5.75 Å². The maximum absolute atomic E-state index is 12.5. The molecule has 0 aliphatic carbocycles. The van der Waals surface area contributed by atoms with Gasteiger partial charge in [-0.25, -0.2) is 9.97 Å². The van der Waals surface area contributed by atoms with E-state index in [1.807, 2.05) is 13.0 Å². The van der Waals surface area contributed by atoms with Gasteiger partial charge < -0.3 is 4.74 Å². The van der Waals surface area contributed by atoms with E-state index >= 15 is 0 Å². The van der Waals surface area contributed by atoms with Crippen LogP contribution in [-0.2, 0) is 6.18 Å². The SMILES string of the molecule is Cc1nc2c(Oc3ccc(C(F)(F)F)nc3)ccc(Br)c2s1. The molecule has 114 valence electrons. The number of thiazole rings is 1. The van der Waals surface area contributed by atoms with Crippen LogP contribution in [0.15, 0.2) is 34.9 Å². The summed E-state index contributed by atoms with van der Waals surface area (Å²) in [5.41, 5.74) is -0.290. The van der Waals surface area contributed by atoms with Crippen molar-refractivity contribution < 1.29 is 17.9 Å². The molecule has 1 aromatic carbocycles. The molecule has 0 radical (unpaired) electrons. The number of benzene rings is 1. The number of aryl methyl sites for hydroxylation is 1. The number of halogens is 4. The standard InChI is InChI=1S/C14H8BrF3N2OS/c1-7-20-12-10(4-3-9(15)13(12)22-7)21-8-2-5-11(19-6-8)14(16,17)18/h2-6H,1H3. The molecule has 0 amide bonds. The third-order valence-electron chi connectivity index (χ3n) is 2.82. The van der Waals surface area contributed by atoms with Crippen molar-refractivity contribution in [3.63, 3.8) is 0 Å². The first kappa shape index (κ1) is 15.2. The van der Waals surface area contributed by atoms with E-state index in [1.54, 1.807) is 6.07 Å². The van der Waals surface area contributed by atoms with Gasteiger partial charge in [0.1, 0.15) is 17.0 Å². The molecule has 22 heavy (non-hydrogen) atoms. The van der Waals surface area contributed by atoms with Gasteiger partial charge in [-0.1, -0.05) is 0 Å². The van der Waals surface area contributed by atoms with E-state index in [0.29, 0.717) is 11.3 Å². The maximum atomic E-state index is 12.5. The molecular weight excluding hydrogens is 381 g/mol. The molecule has 0 unspecified atom stereocenters. The summed E-state index contributed by atoms with van der Waals surface area (Å²) >= 11 is 4.95. The van der Waals surface area contributed by atoms with Crippen LogP contribution in [0.4, 0.5) is 13.2 Å². The lowest BCUT2D eigenvalue weighted by atomic mass is 10.3. The lowest BCUT2D eigenvalue weighted by molar-refractivity contribution is -0.141. The molecule has 0 spiro atoms. The Morgan fingerprint density at radius 2 is 1.95 bits per heavy atom. The summed E-state index contributed by atoms with van der Waals surface area (Å²) in [6.07, 6.45) is -3.41. The van der Waals surface area contributed by atoms with Crippen molar-refractivity contribution in [1.82, 2.24) is 9.97 Å². The molecule has 0 atom stereocenters. The lowest BCUT2D eigenvalue weighted by Crippen LogP contribution is -2.07. The van der Waals surface area contributed by atoms with Gasteiger partial charge in [0.05, 0.1) is 15.9 Å². The Kier molecular flexibility index (Phi) is 3.82. The van der Waals surface area contributed by atoms with Crippen molar-refractivity contribution in [3.05, 3.63) is 45.6 Å². The molecule has 2 heterocycles. The van der Waals surface area contributed by atoms with E-state index in [0.717, 1.165) is 26.4 Å². The number of pyridine rings is 1. The van der Waals surface area contributed by atoms with Crippen LogP contribution in [0.1, 0.15) is 10.7 Å². The quantitative estimate of drug-likeness (QED) is 0.575. The summed E-state index contributed by atoms with van der Waals surface area (Å²) in [6.45, 7) is 1.88. The molecule has 3 rings (SSSR count). The predicted octanol–water partition coefficient (Wildman–Crippen LogP) is 5.57. The van der Waals surface area contributed by atoms with Gasteiger partial charge in [-0.2, -0.15) is 13.2 Å². The topological polar surface area (TPSA) is 35.0 Å². The minimum atomic E-state index is -4.46. The Labute approximate surface area is 135 Å². The van der Waals surface area contributed by atoms with E-state index < -0.39 is 11.9 Å². The van der Waals surface area contributed by atoms with Crippen molar-refractivity contribution >= 4 is 37.5 Å². The predicted molar refractivity (Wildman–Crippen MR) is 81.4 cm³/mol. The van der Waals surface area contributed by atoms with Crippen LogP contribution in [0.5, 0.6) is 11.5 Å². The van der Waals surface area contributed by atoms with E-state index in [2.05, 4.69) is 25.9 Å². The fourth-order valence-corrected chi connectivity index (χ4v) is 3.28. The van der Waals surface area contributed by atoms with Crippen molar-refractivity contribution in [2.75, 3.05) is 0 Å². The Morgan fingerprint density at radius 3 is 2.59 bits per heavy atom. The Morgan fingerprint density at radius 1 is 1.18 bits per heavy atom. The Bertz CT molecular complexity index is 830. The van der Waals surface area contributed by atoms with E-state index in [4.69, 9.17) is 4.74 Å². The molecule has 0 fully saturated rings. The first-order valence-corrected chi connectivity index (χ1v) is 7.72. The van der Waals surface area contributed by atoms with Gasteiger partial charge in [-0.3, -0.25) is 0 Å². The maximum Gasteiger partial charge on any atom is 0.433 e. The van der Waals surface area contributed by atoms with Crippen molar-refractivity contribution in [2.45, 2.75) is 13.1 Å². The van der Waals surface area contributed by atoms with Crippen molar-refractivity contribution in [2.24, 2.45) is 0 Å². The second-order valence-electron chi connectivity index (χ2n) is 4.44. The van der Waals surface area contributed by atoms with Crippen LogP contribution in [0.25, 0.3) is 10.2 Å². The molecule has 8 heteroatoms. The smallest absolute Gasteiger partial charge is 0.433 e. The van der Waals surface area contributed by atoms with Gasteiger partial charge >= 0.3 is 6.18 Å². The molecule has 3 aromatic rings. The molecule has 0 saturated heterocycles. The molecule has 0 aliphatic heterocycles. The Hall–Kier alpha value is -1.67. The third kappa shape index (κ3) is 2.93. The fraction of sp³-hybridized carbons (Fsp3) is 0.143. The van der Waals surface area contributed by atoms with E-state index in [9.17, 15) is 13.2 Å². The normalized spacial score (nSPS) is 11.9. The molecule has 0 bridgehead atoms. The van der Waals surface area contributed by atoms with Crippen LogP contribution in [-0.4, -0.2) is 9.97 Å². The second kappa shape index (κ2) is 5.51. The van der Waals surface area contributed by atoms with E-state index in [-0.39, 0.29) is 5.75 Å². The van der Waals surface area contributed by atoms with Crippen LogP contribution < -0.4 is 4.74 Å². The summed E-state index contributed by atoms with van der Waals surface area (Å²) in [5, 5.41) is 0.872. The van der Waals surface area contributed by atoms with Crippen LogP contribution >= 0.6 is 27.3 Å². The van der Waals surface area contributed by atoms with Gasteiger partial charge in [-0.05, 0) is 47.1 Å². The number of nitrogens with zero attached hydrogens (tertiary/aromatic N) is 2. The third-order valence-corrected chi connectivity index (χ3v) is 4.75. The zero-order valence-corrected chi connectivity index (χ0v) is 13.5. The largest absolute Gasteiger partial charge is 0.453 e. The molecular formula is C14H8BrF3N2OS. The molecule has 0 N–H and O–H groups in total. The molecule has 3 nitrogen and oxygen atoms in total. The average Bonchev–Trinajstić information content (AvgIpc) is 2.84. The molecule has 0 saturated carbocycles. The van der Waals surface area contributed by atoms with Gasteiger partial charge in [0.25, 0.3) is 0 Å². The minimum absolute atomic E-state index is 0.224. The second-order valence-corrected chi connectivity index (χ2v) is 6.49. The number of hydrogen-bond acceptors (Lipinski definition) is 4. The van der Waals surface area contributed by atoms with Crippen molar-refractivity contribution in [1.29, 1.82) is 0 Å². The summed E-state index contributed by atoms with van der Waals surface area (Å²) < 4.78 is 44.9. The number of alkyl halides is 3. The van der Waals surface area contributed by atoms with Crippen LogP contribution in [0, 0.1) is 6.92 Å². The van der Waals surface area contributed by atoms with Crippen molar-refractivity contribution in [3.8, 4) is 11.5 Å². The highest BCUT2D eigenvalue weighted by molar-refractivity contribution is 9.10. The number of aromatic nitrogens is 2. The lowest BCUT2D eigenvalue weighted by Gasteiger charge is -2.08. The van der Waals surface area contributed by atoms with Gasteiger partial charge in [-0.15, -0.1) is 11.3 Å².